The Morgan fingerprint density at radius 2 is 2.28 bits per heavy atom. The number of aliphatic carboxylic acids is 1. The fourth-order valence-corrected chi connectivity index (χ4v) is 3.11. The van der Waals surface area contributed by atoms with Crippen LogP contribution in [0.2, 0.25) is 0 Å². The van der Waals surface area contributed by atoms with Crippen molar-refractivity contribution in [2.45, 2.75) is 19.9 Å². The Morgan fingerprint density at radius 1 is 1.50 bits per heavy atom. The molecule has 2 rings (SSSR count). The van der Waals surface area contributed by atoms with Gasteiger partial charge in [0.1, 0.15) is 0 Å². The van der Waals surface area contributed by atoms with Crippen LogP contribution in [0.3, 0.4) is 0 Å². The number of benzene rings is 1. The molecule has 2 unspecified atom stereocenters. The molecule has 1 fully saturated rings. The van der Waals surface area contributed by atoms with Crippen LogP contribution in [0, 0.1) is 11.8 Å². The van der Waals surface area contributed by atoms with Crippen molar-refractivity contribution in [1.29, 1.82) is 0 Å². The monoisotopic (exact) mass is 311 g/mol. The summed E-state index contributed by atoms with van der Waals surface area (Å²) in [5.41, 5.74) is 1.22. The van der Waals surface area contributed by atoms with E-state index in [9.17, 15) is 4.79 Å². The number of piperidine rings is 1. The Morgan fingerprint density at radius 3 is 2.94 bits per heavy atom. The molecule has 98 valence electrons. The molecule has 4 heteroatoms. The number of carboxylic acids is 1. The molecule has 1 aromatic carbocycles. The Labute approximate surface area is 116 Å². The van der Waals surface area contributed by atoms with Crippen molar-refractivity contribution in [3.8, 4) is 0 Å². The molecule has 1 N–H and O–H groups in total. The predicted octanol–water partition coefficient (Wildman–Crippen LogP) is 2.99. The maximum Gasteiger partial charge on any atom is 0.307 e. The maximum atomic E-state index is 11.1. The lowest BCUT2D eigenvalue weighted by molar-refractivity contribution is -0.144. The molecule has 18 heavy (non-hydrogen) atoms. The Balaban J connectivity index is 2.02. The van der Waals surface area contributed by atoms with Crippen LogP contribution < -0.4 is 0 Å². The lowest BCUT2D eigenvalue weighted by Gasteiger charge is -2.34. The number of carbonyl (C=O) groups is 1. The quantitative estimate of drug-likeness (QED) is 0.933. The van der Waals surface area contributed by atoms with Crippen molar-refractivity contribution in [1.82, 2.24) is 4.90 Å². The lowest BCUT2D eigenvalue weighted by Crippen LogP contribution is -2.41. The highest BCUT2D eigenvalue weighted by Crippen LogP contribution is 2.23. The number of likely N-dealkylation sites (tertiary alicyclic amines) is 1. The van der Waals surface area contributed by atoms with Gasteiger partial charge in [-0.25, -0.2) is 0 Å². The van der Waals surface area contributed by atoms with Gasteiger partial charge in [0.15, 0.2) is 0 Å². The average molecular weight is 312 g/mol. The summed E-state index contributed by atoms with van der Waals surface area (Å²) in [6.45, 7) is 4.60. The van der Waals surface area contributed by atoms with Gasteiger partial charge in [-0.15, -0.1) is 0 Å². The van der Waals surface area contributed by atoms with Crippen molar-refractivity contribution in [2.75, 3.05) is 13.1 Å². The lowest BCUT2D eigenvalue weighted by atomic mass is 9.90. The topological polar surface area (TPSA) is 40.5 Å². The zero-order valence-electron chi connectivity index (χ0n) is 10.5. The van der Waals surface area contributed by atoms with E-state index in [4.69, 9.17) is 5.11 Å². The third kappa shape index (κ3) is 3.56. The highest BCUT2D eigenvalue weighted by Gasteiger charge is 2.29. The molecule has 3 nitrogen and oxygen atoms in total. The van der Waals surface area contributed by atoms with Crippen molar-refractivity contribution in [3.05, 3.63) is 34.3 Å². The van der Waals surface area contributed by atoms with Gasteiger partial charge in [-0.05, 0) is 30.0 Å². The zero-order chi connectivity index (χ0) is 13.1. The maximum absolute atomic E-state index is 11.1. The number of halogens is 1. The molecule has 0 radical (unpaired) electrons. The number of hydrogen-bond donors (Lipinski definition) is 1. The Hall–Kier alpha value is -0.870. The minimum atomic E-state index is -0.666. The van der Waals surface area contributed by atoms with E-state index >= 15 is 0 Å². The fourth-order valence-electron chi connectivity index (χ4n) is 2.66. The summed E-state index contributed by atoms with van der Waals surface area (Å²) < 4.78 is 1.07. The molecule has 1 aliphatic heterocycles. The molecule has 1 aliphatic rings. The van der Waals surface area contributed by atoms with E-state index in [1.54, 1.807) is 0 Å². The van der Waals surface area contributed by atoms with Gasteiger partial charge in [0.05, 0.1) is 5.92 Å². The predicted molar refractivity (Wildman–Crippen MR) is 74.3 cm³/mol. The Bertz CT molecular complexity index is 436. The molecule has 1 aromatic rings. The van der Waals surface area contributed by atoms with Crippen LogP contribution in [0.5, 0.6) is 0 Å². The molecule has 0 aromatic heterocycles. The summed E-state index contributed by atoms with van der Waals surface area (Å²) in [4.78, 5) is 13.4. The molecule has 1 saturated heterocycles. The van der Waals surface area contributed by atoms with Crippen molar-refractivity contribution in [3.63, 3.8) is 0 Å². The van der Waals surface area contributed by atoms with Crippen LogP contribution in [0.25, 0.3) is 0 Å². The minimum absolute atomic E-state index is 0.221. The molecule has 0 aliphatic carbocycles. The highest BCUT2D eigenvalue weighted by molar-refractivity contribution is 9.10. The number of nitrogens with zero attached hydrogens (tertiary/aromatic N) is 1. The van der Waals surface area contributed by atoms with Crippen molar-refractivity contribution >= 4 is 21.9 Å². The summed E-state index contributed by atoms with van der Waals surface area (Å²) in [7, 11) is 0. The van der Waals surface area contributed by atoms with Gasteiger partial charge in [-0.3, -0.25) is 9.69 Å². The van der Waals surface area contributed by atoms with Crippen LogP contribution in [-0.4, -0.2) is 29.1 Å². The minimum Gasteiger partial charge on any atom is -0.481 e. The molecule has 2 atom stereocenters. The van der Waals surface area contributed by atoms with Gasteiger partial charge in [-0.2, -0.15) is 0 Å². The third-order valence-corrected chi connectivity index (χ3v) is 3.87. The van der Waals surface area contributed by atoms with Gasteiger partial charge in [0.2, 0.25) is 0 Å². The van der Waals surface area contributed by atoms with Crippen LogP contribution in [-0.2, 0) is 11.3 Å². The van der Waals surface area contributed by atoms with Crippen LogP contribution in [0.1, 0.15) is 18.9 Å². The summed E-state index contributed by atoms with van der Waals surface area (Å²) in [5, 5.41) is 9.15. The average Bonchev–Trinajstić information content (AvgIpc) is 2.28. The number of carboxylic acid groups (broad SMARTS) is 1. The third-order valence-electron chi connectivity index (χ3n) is 3.38. The van der Waals surface area contributed by atoms with Gasteiger partial charge < -0.3 is 5.11 Å². The second kappa shape index (κ2) is 5.85. The fraction of sp³-hybridized carbons (Fsp3) is 0.500. The van der Waals surface area contributed by atoms with Gasteiger partial charge in [-0.1, -0.05) is 35.0 Å². The molecule has 0 bridgehead atoms. The SMILES string of the molecule is CC1CC(C(=O)O)CN(Cc2cccc(Br)c2)C1. The van der Waals surface area contributed by atoms with E-state index in [0.717, 1.165) is 24.0 Å². The summed E-state index contributed by atoms with van der Waals surface area (Å²) >= 11 is 3.46. The number of rotatable bonds is 3. The molecule has 0 spiro atoms. The molecule has 0 amide bonds. The van der Waals surface area contributed by atoms with E-state index in [0.29, 0.717) is 12.5 Å². The molecule has 0 saturated carbocycles. The first kappa shape index (κ1) is 13.6. The van der Waals surface area contributed by atoms with Crippen LogP contribution in [0.4, 0.5) is 0 Å². The standard InChI is InChI=1S/C14H18BrNO2/c1-10-5-12(14(17)18)9-16(7-10)8-11-3-2-4-13(15)6-11/h2-4,6,10,12H,5,7-9H2,1H3,(H,17,18). The summed E-state index contributed by atoms with van der Waals surface area (Å²) in [6.07, 6.45) is 0.796. The van der Waals surface area contributed by atoms with E-state index in [1.165, 1.54) is 5.56 Å². The van der Waals surface area contributed by atoms with Gasteiger partial charge in [0, 0.05) is 24.1 Å². The van der Waals surface area contributed by atoms with Gasteiger partial charge in [0.25, 0.3) is 0 Å². The van der Waals surface area contributed by atoms with E-state index in [2.05, 4.69) is 39.9 Å². The second-order valence-electron chi connectivity index (χ2n) is 5.20. The van der Waals surface area contributed by atoms with Crippen molar-refractivity contribution < 1.29 is 9.90 Å². The molecule has 1 heterocycles. The van der Waals surface area contributed by atoms with E-state index in [-0.39, 0.29) is 5.92 Å². The van der Waals surface area contributed by atoms with Crippen LogP contribution >= 0.6 is 15.9 Å². The van der Waals surface area contributed by atoms with Gasteiger partial charge >= 0.3 is 5.97 Å². The summed E-state index contributed by atoms with van der Waals surface area (Å²) in [6, 6.07) is 8.19. The van der Waals surface area contributed by atoms with E-state index < -0.39 is 5.97 Å². The highest BCUT2D eigenvalue weighted by atomic mass is 79.9. The smallest absolute Gasteiger partial charge is 0.307 e. The first-order chi connectivity index (χ1) is 8.54. The normalized spacial score (nSPS) is 25.0. The van der Waals surface area contributed by atoms with Crippen molar-refractivity contribution in [2.24, 2.45) is 11.8 Å². The second-order valence-corrected chi connectivity index (χ2v) is 6.12. The Kier molecular flexibility index (Phi) is 4.40. The molecular weight excluding hydrogens is 294 g/mol. The largest absolute Gasteiger partial charge is 0.481 e. The summed E-state index contributed by atoms with van der Waals surface area (Å²) in [5.74, 6) is -0.436. The molecular formula is C14H18BrNO2. The first-order valence-electron chi connectivity index (χ1n) is 6.24. The number of hydrogen-bond acceptors (Lipinski definition) is 2. The van der Waals surface area contributed by atoms with E-state index in [1.807, 2.05) is 12.1 Å². The first-order valence-corrected chi connectivity index (χ1v) is 7.03. The van der Waals surface area contributed by atoms with Crippen LogP contribution in [0.15, 0.2) is 28.7 Å². The zero-order valence-corrected chi connectivity index (χ0v) is 12.1.